The van der Waals surface area contributed by atoms with E-state index in [4.69, 9.17) is 0 Å². The molecule has 0 aliphatic rings. The fourth-order valence-electron chi connectivity index (χ4n) is 2.20. The molecule has 0 fully saturated rings. The molecule has 1 amide bonds. The van der Waals surface area contributed by atoms with Crippen molar-refractivity contribution >= 4 is 33.1 Å². The van der Waals surface area contributed by atoms with Gasteiger partial charge in [-0.3, -0.25) is 14.2 Å². The number of para-hydroxylation sites is 1. The Morgan fingerprint density at radius 3 is 2.64 bits per heavy atom. The Morgan fingerprint density at radius 2 is 1.86 bits per heavy atom. The third kappa shape index (κ3) is 3.07. The number of nitrogens with one attached hydrogen (secondary N) is 1. The van der Waals surface area contributed by atoms with Crippen LogP contribution in [-0.4, -0.2) is 10.5 Å². The molecule has 0 unspecified atom stereocenters. The first kappa shape index (κ1) is 14.5. The summed E-state index contributed by atoms with van der Waals surface area (Å²) in [4.78, 5) is 23.8. The first-order valence-electron chi connectivity index (χ1n) is 6.77. The van der Waals surface area contributed by atoms with Crippen LogP contribution in [0.3, 0.4) is 0 Å². The number of anilines is 1. The number of benzene rings is 2. The van der Waals surface area contributed by atoms with Crippen molar-refractivity contribution in [1.29, 1.82) is 0 Å². The molecule has 0 aliphatic carbocycles. The van der Waals surface area contributed by atoms with Crippen LogP contribution in [0, 0.1) is 5.82 Å². The Labute approximate surface area is 129 Å². The molecule has 6 heteroatoms. The number of aryl methyl sites for hydroxylation is 1. The lowest BCUT2D eigenvalue weighted by Crippen LogP contribution is -2.19. The van der Waals surface area contributed by atoms with Crippen molar-refractivity contribution in [2.45, 2.75) is 13.0 Å². The molecule has 0 saturated carbocycles. The van der Waals surface area contributed by atoms with Crippen molar-refractivity contribution in [2.24, 2.45) is 0 Å². The van der Waals surface area contributed by atoms with Crippen LogP contribution < -0.4 is 10.2 Å². The van der Waals surface area contributed by atoms with Crippen LogP contribution >= 0.6 is 11.3 Å². The summed E-state index contributed by atoms with van der Waals surface area (Å²) in [5.41, 5.74) is 1.38. The number of carbonyl (C=O) groups is 1. The number of hydrogen-bond acceptors (Lipinski definition) is 3. The van der Waals surface area contributed by atoms with Gasteiger partial charge in [0.25, 0.3) is 0 Å². The summed E-state index contributed by atoms with van der Waals surface area (Å²) in [5.74, 6) is -0.567. The van der Waals surface area contributed by atoms with Gasteiger partial charge in [0.05, 0.1) is 10.2 Å². The Hall–Kier alpha value is -2.47. The minimum absolute atomic E-state index is 0.0733. The quantitative estimate of drug-likeness (QED) is 0.803. The summed E-state index contributed by atoms with van der Waals surface area (Å²) < 4.78 is 15.3. The zero-order valence-electron chi connectivity index (χ0n) is 11.6. The number of fused-ring (bicyclic) bond motifs is 1. The maximum absolute atomic E-state index is 12.8. The monoisotopic (exact) mass is 316 g/mol. The molecule has 0 aliphatic heterocycles. The highest BCUT2D eigenvalue weighted by Crippen LogP contribution is 2.16. The third-order valence-corrected chi connectivity index (χ3v) is 4.22. The van der Waals surface area contributed by atoms with Crippen molar-refractivity contribution in [3.05, 3.63) is 64.0 Å². The van der Waals surface area contributed by atoms with Gasteiger partial charge in [-0.05, 0) is 36.4 Å². The topological polar surface area (TPSA) is 51.1 Å². The summed E-state index contributed by atoms with van der Waals surface area (Å²) >= 11 is 1.17. The highest BCUT2D eigenvalue weighted by atomic mass is 32.1. The lowest BCUT2D eigenvalue weighted by molar-refractivity contribution is -0.116. The van der Waals surface area contributed by atoms with E-state index < -0.39 is 0 Å². The average Bonchev–Trinajstić information content (AvgIpc) is 2.83. The van der Waals surface area contributed by atoms with E-state index in [0.29, 0.717) is 12.2 Å². The summed E-state index contributed by atoms with van der Waals surface area (Å²) in [5, 5.41) is 2.68. The number of aromatic nitrogens is 1. The van der Waals surface area contributed by atoms with E-state index in [1.807, 2.05) is 24.3 Å². The molecule has 0 atom stereocenters. The van der Waals surface area contributed by atoms with Crippen molar-refractivity contribution < 1.29 is 9.18 Å². The Balaban J connectivity index is 1.68. The van der Waals surface area contributed by atoms with E-state index in [0.717, 1.165) is 10.2 Å². The Morgan fingerprint density at radius 1 is 1.14 bits per heavy atom. The smallest absolute Gasteiger partial charge is 0.308 e. The fraction of sp³-hybridized carbons (Fsp3) is 0.125. The largest absolute Gasteiger partial charge is 0.326 e. The van der Waals surface area contributed by atoms with Crippen LogP contribution in [-0.2, 0) is 11.3 Å². The molecule has 0 bridgehead atoms. The first-order valence-corrected chi connectivity index (χ1v) is 7.59. The maximum atomic E-state index is 12.8. The van der Waals surface area contributed by atoms with Crippen LogP contribution in [0.1, 0.15) is 6.42 Å². The minimum atomic E-state index is -0.353. The van der Waals surface area contributed by atoms with Gasteiger partial charge in [-0.2, -0.15) is 0 Å². The second kappa shape index (κ2) is 6.11. The van der Waals surface area contributed by atoms with Gasteiger partial charge in [0, 0.05) is 18.7 Å². The van der Waals surface area contributed by atoms with E-state index in [1.54, 1.807) is 4.57 Å². The summed E-state index contributed by atoms with van der Waals surface area (Å²) in [6.07, 6.45) is 0.179. The molecule has 4 nitrogen and oxygen atoms in total. The summed E-state index contributed by atoms with van der Waals surface area (Å²) in [7, 11) is 0. The lowest BCUT2D eigenvalue weighted by Gasteiger charge is -2.06. The van der Waals surface area contributed by atoms with E-state index in [9.17, 15) is 14.0 Å². The number of rotatable bonds is 4. The molecule has 0 saturated heterocycles. The van der Waals surface area contributed by atoms with E-state index in [1.165, 1.54) is 35.6 Å². The number of carbonyl (C=O) groups excluding carboxylic acids is 1. The number of nitrogens with zero attached hydrogens (tertiary/aromatic N) is 1. The molecule has 2 aromatic carbocycles. The van der Waals surface area contributed by atoms with Gasteiger partial charge in [-0.25, -0.2) is 4.39 Å². The molecular formula is C16H13FN2O2S. The van der Waals surface area contributed by atoms with Crippen molar-refractivity contribution in [1.82, 2.24) is 4.57 Å². The minimum Gasteiger partial charge on any atom is -0.326 e. The van der Waals surface area contributed by atoms with Crippen LogP contribution in [0.4, 0.5) is 10.1 Å². The van der Waals surface area contributed by atoms with Crippen LogP contribution in [0.2, 0.25) is 0 Å². The lowest BCUT2D eigenvalue weighted by atomic mass is 10.3. The molecule has 1 N–H and O–H groups in total. The zero-order chi connectivity index (χ0) is 15.5. The maximum Gasteiger partial charge on any atom is 0.308 e. The Bertz CT molecular complexity index is 868. The predicted molar refractivity (Wildman–Crippen MR) is 85.7 cm³/mol. The van der Waals surface area contributed by atoms with Crippen LogP contribution in [0.5, 0.6) is 0 Å². The van der Waals surface area contributed by atoms with E-state index in [2.05, 4.69) is 5.32 Å². The van der Waals surface area contributed by atoms with Gasteiger partial charge in [-0.15, -0.1) is 0 Å². The number of hydrogen-bond donors (Lipinski definition) is 1. The third-order valence-electron chi connectivity index (χ3n) is 3.26. The van der Waals surface area contributed by atoms with Gasteiger partial charge in [-0.1, -0.05) is 23.5 Å². The Kier molecular flexibility index (Phi) is 4.02. The number of halogens is 1. The van der Waals surface area contributed by atoms with Gasteiger partial charge < -0.3 is 5.32 Å². The molecule has 0 radical (unpaired) electrons. The van der Waals surface area contributed by atoms with Gasteiger partial charge in [0.1, 0.15) is 5.82 Å². The molecule has 3 rings (SSSR count). The van der Waals surface area contributed by atoms with Crippen LogP contribution in [0.15, 0.2) is 53.3 Å². The van der Waals surface area contributed by atoms with Gasteiger partial charge >= 0.3 is 4.87 Å². The highest BCUT2D eigenvalue weighted by Gasteiger charge is 2.09. The SMILES string of the molecule is O=C(CCn1c(=O)sc2ccccc21)Nc1ccc(F)cc1. The van der Waals surface area contributed by atoms with Crippen molar-refractivity contribution in [3.63, 3.8) is 0 Å². The standard InChI is InChI=1S/C16H13FN2O2S/c17-11-5-7-12(8-6-11)18-15(20)9-10-19-13-3-1-2-4-14(13)22-16(19)21/h1-8H,9-10H2,(H,18,20). The first-order chi connectivity index (χ1) is 10.6. The molecule has 22 heavy (non-hydrogen) atoms. The second-order valence-corrected chi connectivity index (χ2v) is 5.79. The predicted octanol–water partition coefficient (Wildman–Crippen LogP) is 3.23. The second-order valence-electron chi connectivity index (χ2n) is 4.79. The molecular weight excluding hydrogens is 303 g/mol. The number of amides is 1. The fourth-order valence-corrected chi connectivity index (χ4v) is 3.11. The zero-order valence-corrected chi connectivity index (χ0v) is 12.4. The highest BCUT2D eigenvalue weighted by molar-refractivity contribution is 7.16. The molecule has 3 aromatic rings. The summed E-state index contributed by atoms with van der Waals surface area (Å²) in [6.45, 7) is 0.315. The average molecular weight is 316 g/mol. The molecule has 1 heterocycles. The van der Waals surface area contributed by atoms with Gasteiger partial charge in [0.2, 0.25) is 5.91 Å². The molecule has 1 aromatic heterocycles. The van der Waals surface area contributed by atoms with Gasteiger partial charge in [0.15, 0.2) is 0 Å². The summed E-state index contributed by atoms with van der Waals surface area (Å²) in [6, 6.07) is 13.1. The van der Waals surface area contributed by atoms with Crippen LogP contribution in [0.25, 0.3) is 10.2 Å². The molecule has 0 spiro atoms. The molecule has 112 valence electrons. The normalized spacial score (nSPS) is 10.8. The van der Waals surface area contributed by atoms with E-state index in [-0.39, 0.29) is 23.0 Å². The van der Waals surface area contributed by atoms with E-state index >= 15 is 0 Å². The van der Waals surface area contributed by atoms with Crippen molar-refractivity contribution in [2.75, 3.05) is 5.32 Å². The van der Waals surface area contributed by atoms with Crippen molar-refractivity contribution in [3.8, 4) is 0 Å². The number of thiazole rings is 1.